The van der Waals surface area contributed by atoms with Crippen molar-refractivity contribution in [2.75, 3.05) is 13.2 Å². The molecule has 2 rings (SSSR count). The van der Waals surface area contributed by atoms with Gasteiger partial charge in [-0.25, -0.2) is 4.79 Å². The maximum atomic E-state index is 12.9. The summed E-state index contributed by atoms with van der Waals surface area (Å²) in [6.07, 6.45) is 15.9. The molecule has 0 fully saturated rings. The molecule has 5 nitrogen and oxygen atoms in total. The summed E-state index contributed by atoms with van der Waals surface area (Å²) in [5.74, 6) is 1.25. The van der Waals surface area contributed by atoms with E-state index >= 15 is 0 Å². The standard InChI is InChI=1S/C32H48O5/c1-7-8-9-10-11-12-13-14-21-34-31-30(35-22-20-26(6)17-15-16-24(2)3)28-19-18-27(36-25(4)5)23-29(28)37-32(31)33/h16,18-20,23,25H,7-15,17,21-22H2,1-6H3/b26-20+. The van der Waals surface area contributed by atoms with Gasteiger partial charge in [-0.05, 0) is 72.1 Å². The molecule has 1 aromatic carbocycles. The van der Waals surface area contributed by atoms with Gasteiger partial charge in [0.2, 0.25) is 5.75 Å². The number of allylic oxidation sites excluding steroid dienone is 3. The van der Waals surface area contributed by atoms with Gasteiger partial charge in [0, 0.05) is 6.07 Å². The van der Waals surface area contributed by atoms with Crippen molar-refractivity contribution in [1.29, 1.82) is 0 Å². The van der Waals surface area contributed by atoms with E-state index in [1.807, 2.05) is 26.0 Å². The highest BCUT2D eigenvalue weighted by Gasteiger charge is 2.18. The molecule has 37 heavy (non-hydrogen) atoms. The summed E-state index contributed by atoms with van der Waals surface area (Å²) in [6.45, 7) is 13.3. The zero-order chi connectivity index (χ0) is 27.0. The third kappa shape index (κ3) is 11.5. The first-order chi connectivity index (χ1) is 17.8. The molecule has 0 spiro atoms. The third-order valence-electron chi connectivity index (χ3n) is 6.16. The zero-order valence-corrected chi connectivity index (χ0v) is 24.0. The molecule has 5 heteroatoms. The van der Waals surface area contributed by atoms with Gasteiger partial charge in [0.15, 0.2) is 5.75 Å². The number of fused-ring (bicyclic) bond motifs is 1. The first-order valence-electron chi connectivity index (χ1n) is 14.1. The molecule has 0 aliphatic heterocycles. The van der Waals surface area contributed by atoms with Crippen molar-refractivity contribution >= 4 is 11.0 Å². The van der Waals surface area contributed by atoms with Crippen molar-refractivity contribution in [3.05, 3.63) is 51.9 Å². The fourth-order valence-electron chi connectivity index (χ4n) is 4.12. The van der Waals surface area contributed by atoms with Gasteiger partial charge in [-0.2, -0.15) is 0 Å². The fourth-order valence-corrected chi connectivity index (χ4v) is 4.12. The summed E-state index contributed by atoms with van der Waals surface area (Å²) in [7, 11) is 0. The van der Waals surface area contributed by atoms with E-state index in [1.165, 1.54) is 49.7 Å². The zero-order valence-electron chi connectivity index (χ0n) is 24.0. The van der Waals surface area contributed by atoms with E-state index in [0.29, 0.717) is 35.7 Å². The van der Waals surface area contributed by atoms with Crippen molar-refractivity contribution < 1.29 is 18.6 Å². The largest absolute Gasteiger partial charge is 0.491 e. The Balaban J connectivity index is 2.13. The molecule has 0 unspecified atom stereocenters. The Morgan fingerprint density at radius 2 is 1.62 bits per heavy atom. The summed E-state index contributed by atoms with van der Waals surface area (Å²) in [6, 6.07) is 5.49. The van der Waals surface area contributed by atoms with Crippen LogP contribution < -0.4 is 19.8 Å². The highest BCUT2D eigenvalue weighted by atomic mass is 16.5. The van der Waals surface area contributed by atoms with Crippen molar-refractivity contribution in [2.24, 2.45) is 0 Å². The molecule has 0 aliphatic rings. The van der Waals surface area contributed by atoms with Gasteiger partial charge in [-0.15, -0.1) is 0 Å². The van der Waals surface area contributed by atoms with E-state index < -0.39 is 5.63 Å². The van der Waals surface area contributed by atoms with E-state index in [1.54, 1.807) is 6.07 Å². The number of hydrogen-bond donors (Lipinski definition) is 0. The Morgan fingerprint density at radius 1 is 0.919 bits per heavy atom. The molecule has 0 atom stereocenters. The second-order valence-electron chi connectivity index (χ2n) is 10.4. The molecule has 1 heterocycles. The minimum Gasteiger partial charge on any atom is -0.491 e. The van der Waals surface area contributed by atoms with Gasteiger partial charge in [-0.1, -0.05) is 69.1 Å². The molecule has 0 N–H and O–H groups in total. The number of unbranched alkanes of at least 4 members (excludes halogenated alkanes) is 7. The minimum atomic E-state index is -0.520. The Labute approximate surface area is 223 Å². The average Bonchev–Trinajstić information content (AvgIpc) is 2.83. The van der Waals surface area contributed by atoms with E-state index in [-0.39, 0.29) is 11.9 Å². The lowest BCUT2D eigenvalue weighted by Gasteiger charge is -2.15. The first-order valence-corrected chi connectivity index (χ1v) is 14.1. The Bertz CT molecular complexity index is 1060. The van der Waals surface area contributed by atoms with Crippen LogP contribution in [0.2, 0.25) is 0 Å². The monoisotopic (exact) mass is 512 g/mol. The summed E-state index contributed by atoms with van der Waals surface area (Å²) < 4.78 is 23.6. The van der Waals surface area contributed by atoms with Crippen LogP contribution in [-0.2, 0) is 0 Å². The predicted molar refractivity (Wildman–Crippen MR) is 154 cm³/mol. The number of hydrogen-bond acceptors (Lipinski definition) is 5. The molecule has 0 radical (unpaired) electrons. The quantitative estimate of drug-likeness (QED) is 0.113. The van der Waals surface area contributed by atoms with Crippen LogP contribution in [0.15, 0.2) is 50.7 Å². The van der Waals surface area contributed by atoms with Crippen LogP contribution in [0.5, 0.6) is 17.2 Å². The van der Waals surface area contributed by atoms with Crippen molar-refractivity contribution in [3.63, 3.8) is 0 Å². The Morgan fingerprint density at radius 3 is 2.30 bits per heavy atom. The average molecular weight is 513 g/mol. The summed E-state index contributed by atoms with van der Waals surface area (Å²) >= 11 is 0. The molecule has 1 aromatic heterocycles. The second kappa shape index (κ2) is 16.9. The topological polar surface area (TPSA) is 57.9 Å². The number of benzene rings is 1. The minimum absolute atomic E-state index is 0.0218. The first kappa shape index (κ1) is 30.5. The van der Waals surface area contributed by atoms with Crippen LogP contribution in [0.25, 0.3) is 11.0 Å². The number of ether oxygens (including phenoxy) is 3. The smallest absolute Gasteiger partial charge is 0.383 e. The van der Waals surface area contributed by atoms with Crippen LogP contribution in [0.4, 0.5) is 0 Å². The normalized spacial score (nSPS) is 11.7. The van der Waals surface area contributed by atoms with Crippen molar-refractivity contribution in [1.82, 2.24) is 0 Å². The van der Waals surface area contributed by atoms with E-state index in [2.05, 4.69) is 39.8 Å². The van der Waals surface area contributed by atoms with Gasteiger partial charge in [0.05, 0.1) is 18.1 Å². The maximum Gasteiger partial charge on any atom is 0.383 e. The van der Waals surface area contributed by atoms with E-state index in [0.717, 1.165) is 25.7 Å². The molecule has 0 amide bonds. The summed E-state index contributed by atoms with van der Waals surface area (Å²) in [4.78, 5) is 12.9. The highest BCUT2D eigenvalue weighted by molar-refractivity contribution is 5.86. The number of rotatable bonds is 18. The Kier molecular flexibility index (Phi) is 14.0. The predicted octanol–water partition coefficient (Wildman–Crippen LogP) is 9.17. The molecule has 0 saturated heterocycles. The van der Waals surface area contributed by atoms with Crippen molar-refractivity contribution in [3.8, 4) is 17.2 Å². The highest BCUT2D eigenvalue weighted by Crippen LogP contribution is 2.35. The van der Waals surface area contributed by atoms with Crippen LogP contribution in [-0.4, -0.2) is 19.3 Å². The molecule has 0 saturated carbocycles. The molecular formula is C32H48O5. The van der Waals surface area contributed by atoms with Crippen LogP contribution in [0.1, 0.15) is 106 Å². The SMILES string of the molecule is CCCCCCCCCCOc1c(OC/C=C(\C)CCC=C(C)C)c2ccc(OC(C)C)cc2oc1=O. The van der Waals surface area contributed by atoms with Gasteiger partial charge >= 0.3 is 5.63 Å². The lowest BCUT2D eigenvalue weighted by molar-refractivity contribution is 0.242. The Hall–Kier alpha value is -2.69. The van der Waals surface area contributed by atoms with Crippen LogP contribution in [0.3, 0.4) is 0 Å². The van der Waals surface area contributed by atoms with Gasteiger partial charge < -0.3 is 18.6 Å². The third-order valence-corrected chi connectivity index (χ3v) is 6.16. The van der Waals surface area contributed by atoms with Gasteiger partial charge in [0.25, 0.3) is 0 Å². The lowest BCUT2D eigenvalue weighted by atomic mass is 10.1. The maximum absolute atomic E-state index is 12.9. The lowest BCUT2D eigenvalue weighted by Crippen LogP contribution is -2.12. The van der Waals surface area contributed by atoms with Crippen molar-refractivity contribution in [2.45, 2.75) is 112 Å². The second-order valence-corrected chi connectivity index (χ2v) is 10.4. The summed E-state index contributed by atoms with van der Waals surface area (Å²) in [5, 5.41) is 0.706. The van der Waals surface area contributed by atoms with Crippen LogP contribution >= 0.6 is 0 Å². The van der Waals surface area contributed by atoms with Crippen LogP contribution in [0, 0.1) is 0 Å². The molecular weight excluding hydrogens is 464 g/mol. The van der Waals surface area contributed by atoms with Gasteiger partial charge in [0.1, 0.15) is 17.9 Å². The van der Waals surface area contributed by atoms with E-state index in [9.17, 15) is 4.79 Å². The molecule has 0 aliphatic carbocycles. The molecule has 0 bridgehead atoms. The molecule has 2 aromatic rings. The van der Waals surface area contributed by atoms with Gasteiger partial charge in [-0.3, -0.25) is 0 Å². The van der Waals surface area contributed by atoms with E-state index in [4.69, 9.17) is 18.6 Å². The molecule has 206 valence electrons. The fraction of sp³-hybridized carbons (Fsp3) is 0.594. The summed E-state index contributed by atoms with van der Waals surface area (Å²) in [5.41, 5.74) is 2.49.